The molecule has 2 aromatic carbocycles. The number of fused-ring (bicyclic) bond motifs is 1. The Morgan fingerprint density at radius 1 is 1.07 bits per heavy atom. The normalized spacial score (nSPS) is 19.1. The highest BCUT2D eigenvalue weighted by atomic mass is 19.1. The fourth-order valence-electron chi connectivity index (χ4n) is 3.28. The Morgan fingerprint density at radius 2 is 1.69 bits per heavy atom. The second-order valence-electron chi connectivity index (χ2n) is 7.98. The van der Waals surface area contributed by atoms with Crippen LogP contribution in [0.3, 0.4) is 0 Å². The molecule has 4 rings (SSSR count). The molecule has 1 amide bonds. The molecule has 2 aliphatic heterocycles. The highest BCUT2D eigenvalue weighted by Gasteiger charge is 2.38. The zero-order chi connectivity index (χ0) is 20.6. The van der Waals surface area contributed by atoms with Crippen LogP contribution >= 0.6 is 0 Å². The van der Waals surface area contributed by atoms with Crippen LogP contribution in [0.1, 0.15) is 26.3 Å². The van der Waals surface area contributed by atoms with Crippen molar-refractivity contribution in [2.24, 2.45) is 0 Å². The molecule has 0 aliphatic carbocycles. The molecule has 0 radical (unpaired) electrons. The number of hydrogen-bond acceptors (Lipinski definition) is 5. The van der Waals surface area contributed by atoms with Crippen molar-refractivity contribution >= 4 is 11.7 Å². The van der Waals surface area contributed by atoms with Gasteiger partial charge in [-0.05, 0) is 56.2 Å². The Labute approximate surface area is 169 Å². The summed E-state index contributed by atoms with van der Waals surface area (Å²) in [5.41, 5.74) is 1.13. The topological polar surface area (TPSA) is 51.2 Å². The minimum Gasteiger partial charge on any atom is -0.444 e. The lowest BCUT2D eigenvalue weighted by molar-refractivity contribution is -0.244. The van der Waals surface area contributed by atoms with Gasteiger partial charge in [0.2, 0.25) is 0 Å². The third kappa shape index (κ3) is 4.19. The average Bonchev–Trinajstić information content (AvgIpc) is 3.11. The first-order valence-electron chi connectivity index (χ1n) is 9.48. The first-order valence-corrected chi connectivity index (χ1v) is 9.48. The molecule has 0 bridgehead atoms. The van der Waals surface area contributed by atoms with E-state index in [0.29, 0.717) is 24.6 Å². The van der Waals surface area contributed by atoms with Gasteiger partial charge in [-0.25, -0.2) is 9.18 Å². The number of halogens is 1. The molecule has 0 aromatic heterocycles. The van der Waals surface area contributed by atoms with E-state index in [1.165, 1.54) is 17.4 Å². The van der Waals surface area contributed by atoms with Gasteiger partial charge in [-0.3, -0.25) is 0 Å². The summed E-state index contributed by atoms with van der Waals surface area (Å²) in [6.45, 7) is 6.16. The molecular formula is C22H23FN2O4. The van der Waals surface area contributed by atoms with Gasteiger partial charge in [0.15, 0.2) is 11.5 Å². The van der Waals surface area contributed by atoms with Crippen molar-refractivity contribution in [2.45, 2.75) is 32.4 Å². The van der Waals surface area contributed by atoms with Gasteiger partial charge in [0.1, 0.15) is 17.5 Å². The molecule has 0 saturated heterocycles. The Bertz CT molecular complexity index is 912. The molecule has 1 atom stereocenters. The molecule has 0 spiro atoms. The molecule has 2 aromatic rings. The van der Waals surface area contributed by atoms with Gasteiger partial charge in [-0.1, -0.05) is 30.3 Å². The number of benzene rings is 2. The summed E-state index contributed by atoms with van der Waals surface area (Å²) in [6.07, 6.45) is 1.51. The molecule has 0 unspecified atom stereocenters. The number of carbonyl (C=O) groups excluding carboxylic acids is 1. The van der Waals surface area contributed by atoms with E-state index in [2.05, 4.69) is 0 Å². The van der Waals surface area contributed by atoms with Gasteiger partial charge >= 0.3 is 6.09 Å². The highest BCUT2D eigenvalue weighted by Crippen LogP contribution is 2.37. The highest BCUT2D eigenvalue weighted by molar-refractivity contribution is 5.75. The number of carbonyl (C=O) groups is 1. The molecule has 7 heteroatoms. The third-order valence-electron chi connectivity index (χ3n) is 4.59. The minimum atomic E-state index is -0.593. The molecular weight excluding hydrogens is 375 g/mol. The molecule has 0 N–H and O–H groups in total. The Balaban J connectivity index is 1.62. The molecule has 0 saturated carbocycles. The number of ether oxygens (including phenoxy) is 1. The van der Waals surface area contributed by atoms with E-state index in [0.717, 1.165) is 11.1 Å². The van der Waals surface area contributed by atoms with Crippen molar-refractivity contribution in [3.8, 4) is 11.5 Å². The van der Waals surface area contributed by atoms with Crippen LogP contribution in [0.5, 0.6) is 11.5 Å². The van der Waals surface area contributed by atoms with Gasteiger partial charge in [0.05, 0.1) is 6.54 Å². The second-order valence-corrected chi connectivity index (χ2v) is 7.98. The predicted molar refractivity (Wildman–Crippen MR) is 106 cm³/mol. The number of hydrogen-bond donors (Lipinski definition) is 0. The fourth-order valence-corrected chi connectivity index (χ4v) is 3.28. The smallest absolute Gasteiger partial charge is 0.410 e. The molecule has 2 heterocycles. The van der Waals surface area contributed by atoms with Crippen molar-refractivity contribution in [1.29, 1.82) is 0 Å². The summed E-state index contributed by atoms with van der Waals surface area (Å²) in [5, 5.41) is 1.39. The summed E-state index contributed by atoms with van der Waals surface area (Å²) in [4.78, 5) is 25.9. The lowest BCUT2D eigenvalue weighted by atomic mass is 9.95. The van der Waals surface area contributed by atoms with Crippen LogP contribution in [0.15, 0.2) is 54.6 Å². The van der Waals surface area contributed by atoms with Gasteiger partial charge in [0, 0.05) is 11.8 Å². The maximum Gasteiger partial charge on any atom is 0.410 e. The minimum absolute atomic E-state index is 0.298. The molecule has 6 nitrogen and oxygen atoms in total. The van der Waals surface area contributed by atoms with Crippen LogP contribution in [-0.2, 0) is 4.74 Å². The summed E-state index contributed by atoms with van der Waals surface area (Å²) < 4.78 is 18.9. The number of rotatable bonds is 2. The standard InChI is InChI=1S/C22H23FN2O4/c1-22(2,3)27-21(26)24-13-12-17(15-8-10-16(23)11-9-15)18(14-24)25-28-19-6-4-5-7-20(19)29-25/h4-12,18H,13-14H2,1-3H3/t18-/m1/s1. The maximum absolute atomic E-state index is 13.4. The quantitative estimate of drug-likeness (QED) is 0.749. The van der Waals surface area contributed by atoms with Crippen LogP contribution in [-0.4, -0.2) is 41.0 Å². The van der Waals surface area contributed by atoms with Crippen molar-refractivity contribution < 1.29 is 23.6 Å². The monoisotopic (exact) mass is 398 g/mol. The van der Waals surface area contributed by atoms with Gasteiger partial charge in [-0.2, -0.15) is 0 Å². The molecule has 152 valence electrons. The number of hydroxylamine groups is 2. The van der Waals surface area contributed by atoms with Gasteiger partial charge in [-0.15, -0.1) is 0 Å². The number of para-hydroxylation sites is 2. The van der Waals surface area contributed by atoms with Crippen LogP contribution in [0.4, 0.5) is 9.18 Å². The van der Waals surface area contributed by atoms with E-state index in [4.69, 9.17) is 14.4 Å². The van der Waals surface area contributed by atoms with Crippen molar-refractivity contribution in [2.75, 3.05) is 13.1 Å². The predicted octanol–water partition coefficient (Wildman–Crippen LogP) is 4.43. The lowest BCUT2D eigenvalue weighted by Gasteiger charge is -2.36. The van der Waals surface area contributed by atoms with Crippen LogP contribution in [0.25, 0.3) is 5.57 Å². The first-order chi connectivity index (χ1) is 13.8. The Kier molecular flexibility index (Phi) is 4.92. The second kappa shape index (κ2) is 7.40. The zero-order valence-corrected chi connectivity index (χ0v) is 16.6. The van der Waals surface area contributed by atoms with E-state index in [-0.39, 0.29) is 5.82 Å². The molecule has 29 heavy (non-hydrogen) atoms. The summed E-state index contributed by atoms with van der Waals surface area (Å²) in [6, 6.07) is 13.2. The number of amides is 1. The van der Waals surface area contributed by atoms with Crippen molar-refractivity contribution in [3.63, 3.8) is 0 Å². The summed E-state index contributed by atoms with van der Waals surface area (Å²) in [5.74, 6) is 0.888. The largest absolute Gasteiger partial charge is 0.444 e. The third-order valence-corrected chi connectivity index (χ3v) is 4.59. The van der Waals surface area contributed by atoms with Crippen molar-refractivity contribution in [1.82, 2.24) is 10.1 Å². The average molecular weight is 398 g/mol. The number of nitrogens with zero attached hydrogens (tertiary/aromatic N) is 2. The van der Waals surface area contributed by atoms with Crippen molar-refractivity contribution in [3.05, 3.63) is 66.0 Å². The van der Waals surface area contributed by atoms with Crippen LogP contribution in [0.2, 0.25) is 0 Å². The van der Waals surface area contributed by atoms with Gasteiger partial charge in [0.25, 0.3) is 0 Å². The van der Waals surface area contributed by atoms with E-state index < -0.39 is 17.7 Å². The molecule has 0 fully saturated rings. The first kappa shape index (κ1) is 19.3. The Hall–Kier alpha value is -3.06. The fraction of sp³-hybridized carbons (Fsp3) is 0.318. The lowest BCUT2D eigenvalue weighted by Crippen LogP contribution is -2.51. The molecule has 2 aliphatic rings. The Morgan fingerprint density at radius 3 is 2.28 bits per heavy atom. The maximum atomic E-state index is 13.4. The zero-order valence-electron chi connectivity index (χ0n) is 16.6. The van der Waals surface area contributed by atoms with Crippen LogP contribution in [0, 0.1) is 5.82 Å². The van der Waals surface area contributed by atoms with E-state index in [1.807, 2.05) is 51.1 Å². The summed E-state index contributed by atoms with van der Waals surface area (Å²) >= 11 is 0. The van der Waals surface area contributed by atoms with Crippen LogP contribution < -0.4 is 9.68 Å². The SMILES string of the molecule is CC(C)(C)OC(=O)N1CC=C(c2ccc(F)cc2)[C@H](N2Oc3ccccc3O2)C1. The van der Waals surface area contributed by atoms with E-state index >= 15 is 0 Å². The summed E-state index contributed by atoms with van der Waals surface area (Å²) in [7, 11) is 0. The van der Waals surface area contributed by atoms with E-state index in [9.17, 15) is 9.18 Å². The van der Waals surface area contributed by atoms with Gasteiger partial charge < -0.3 is 19.3 Å². The van der Waals surface area contributed by atoms with E-state index in [1.54, 1.807) is 17.0 Å².